The van der Waals surface area contributed by atoms with Gasteiger partial charge in [-0.2, -0.15) is 0 Å². The van der Waals surface area contributed by atoms with Gasteiger partial charge < -0.3 is 54.7 Å². The van der Waals surface area contributed by atoms with Crippen LogP contribution < -0.4 is 55.3 Å². The largest absolute Gasteiger partial charge is 0.468 e. The number of Topliss-reactive ketones (excluding diaryl/α,β-unsaturated/α-hetero) is 1. The molecule has 0 saturated heterocycles. The van der Waals surface area contributed by atoms with Gasteiger partial charge in [-0.1, -0.05) is 59.3 Å². The molecule has 57 heavy (non-hydrogen) atoms. The van der Waals surface area contributed by atoms with Crippen molar-refractivity contribution < 1.29 is 33.5 Å². The van der Waals surface area contributed by atoms with Crippen LogP contribution in [0.4, 0.5) is 0 Å². The summed E-state index contributed by atoms with van der Waals surface area (Å²) in [5, 5.41) is 13.9. The number of carbonyl (C=O) groups is 6. The van der Waals surface area contributed by atoms with Crippen LogP contribution in [-0.2, 0) is 33.5 Å². The summed E-state index contributed by atoms with van der Waals surface area (Å²) in [6.45, 7) is 7.74. The molecule has 0 aromatic rings. The molecular formula is C38H74N12O7. The monoisotopic (exact) mass is 811 g/mol. The number of unbranched alkanes of at least 4 members (excludes halogenated alkanes) is 7. The van der Waals surface area contributed by atoms with E-state index in [1.807, 2.05) is 0 Å². The van der Waals surface area contributed by atoms with Crippen molar-refractivity contribution in [1.29, 1.82) is 0 Å². The third-order valence-corrected chi connectivity index (χ3v) is 9.22. The molecular weight excluding hydrogens is 736 g/mol. The lowest BCUT2D eigenvalue weighted by Gasteiger charge is -2.28. The molecule has 0 bridgehead atoms. The van der Waals surface area contributed by atoms with Crippen molar-refractivity contribution in [2.24, 2.45) is 44.6 Å². The van der Waals surface area contributed by atoms with E-state index in [0.717, 1.165) is 25.7 Å². The van der Waals surface area contributed by atoms with Crippen LogP contribution in [0.5, 0.6) is 0 Å². The second-order valence-corrected chi connectivity index (χ2v) is 14.6. The Morgan fingerprint density at radius 3 is 1.67 bits per heavy atom. The van der Waals surface area contributed by atoms with Crippen LogP contribution >= 0.6 is 0 Å². The third-order valence-electron chi connectivity index (χ3n) is 9.22. The van der Waals surface area contributed by atoms with E-state index in [4.69, 9.17) is 33.4 Å². The molecule has 15 N–H and O–H groups in total. The summed E-state index contributed by atoms with van der Waals surface area (Å²) in [4.78, 5) is 87.4. The van der Waals surface area contributed by atoms with Gasteiger partial charge in [-0.25, -0.2) is 0 Å². The molecule has 0 spiro atoms. The standard InChI is InChI=1S/C38H74N12O7/c1-6-7-8-9-10-11-12-20-31(52)47-28(19-16-23-45-38(42)43)34(54)50-32(25(2)3)35(55)49-29(17-13-14-21-39)33(53)48-27(18-15-22-44-37(40)41)30(51)24-46-26(4)36(56)57-5/h25-29,32,46H,6-24,39H2,1-5H3,(H,47,52)(H,48,53)(H,49,55)(H,50,54)(H4,40,41,44)(H4,42,43,45)/t26-,27?,28-,29-,32-/m0/s1. The maximum Gasteiger partial charge on any atom is 0.322 e. The van der Waals surface area contributed by atoms with E-state index in [1.165, 1.54) is 20.0 Å². The first kappa shape index (κ1) is 52.5. The van der Waals surface area contributed by atoms with Crippen molar-refractivity contribution in [1.82, 2.24) is 26.6 Å². The quantitative estimate of drug-likeness (QED) is 0.0176. The normalized spacial score (nSPS) is 13.6. The molecule has 4 amide bonds. The summed E-state index contributed by atoms with van der Waals surface area (Å²) in [6, 6.07) is -4.92. The molecule has 5 atom stereocenters. The van der Waals surface area contributed by atoms with Crippen molar-refractivity contribution in [3.05, 3.63) is 0 Å². The fourth-order valence-corrected chi connectivity index (χ4v) is 5.82. The van der Waals surface area contributed by atoms with Crippen molar-refractivity contribution in [2.75, 3.05) is 33.3 Å². The van der Waals surface area contributed by atoms with Crippen LogP contribution in [0.15, 0.2) is 9.98 Å². The molecule has 0 aliphatic rings. The Balaban J connectivity index is 6.02. The number of carbonyl (C=O) groups excluding carboxylic acids is 6. The minimum Gasteiger partial charge on any atom is -0.468 e. The molecule has 0 radical (unpaired) electrons. The Morgan fingerprint density at radius 1 is 0.614 bits per heavy atom. The van der Waals surface area contributed by atoms with Gasteiger partial charge in [0.25, 0.3) is 0 Å². The summed E-state index contributed by atoms with van der Waals surface area (Å²) in [5.74, 6) is -3.68. The van der Waals surface area contributed by atoms with Gasteiger partial charge >= 0.3 is 5.97 Å². The number of hydrogen-bond donors (Lipinski definition) is 10. The average molecular weight is 811 g/mol. The van der Waals surface area contributed by atoms with E-state index in [0.29, 0.717) is 38.6 Å². The number of nitrogens with two attached hydrogens (primary N) is 5. The van der Waals surface area contributed by atoms with Crippen LogP contribution in [0, 0.1) is 5.92 Å². The SMILES string of the molecule is CCCCCCCCCC(=O)N[C@@H](CCCN=C(N)N)C(=O)N[C@H](C(=O)N[C@@H](CCCCN)C(=O)NC(CCCN=C(N)N)C(=O)CN[C@@H](C)C(=O)OC)C(C)C. The number of esters is 1. The zero-order valence-corrected chi connectivity index (χ0v) is 35.0. The van der Waals surface area contributed by atoms with Gasteiger partial charge in [0, 0.05) is 19.5 Å². The average Bonchev–Trinajstić information content (AvgIpc) is 3.16. The highest BCUT2D eigenvalue weighted by atomic mass is 16.5. The number of hydrogen-bond acceptors (Lipinski definition) is 11. The van der Waals surface area contributed by atoms with Crippen LogP contribution in [0.1, 0.15) is 124 Å². The summed E-state index contributed by atoms with van der Waals surface area (Å²) >= 11 is 0. The molecule has 0 saturated carbocycles. The zero-order chi connectivity index (χ0) is 43.2. The Labute approximate surface area is 339 Å². The fourth-order valence-electron chi connectivity index (χ4n) is 5.82. The Kier molecular flexibility index (Phi) is 29.1. The maximum atomic E-state index is 13.9. The number of nitrogens with one attached hydrogen (secondary N) is 5. The number of aliphatic imine (C=N–C) groups is 2. The van der Waals surface area contributed by atoms with Crippen molar-refractivity contribution in [2.45, 2.75) is 154 Å². The first-order chi connectivity index (χ1) is 27.1. The summed E-state index contributed by atoms with van der Waals surface area (Å²) in [7, 11) is 1.23. The minimum atomic E-state index is -1.09. The first-order valence-electron chi connectivity index (χ1n) is 20.4. The van der Waals surface area contributed by atoms with Gasteiger partial charge in [0.05, 0.1) is 19.7 Å². The van der Waals surface area contributed by atoms with Gasteiger partial charge in [-0.05, 0) is 70.8 Å². The lowest BCUT2D eigenvalue weighted by atomic mass is 10.00. The molecule has 0 aliphatic carbocycles. The molecule has 0 rings (SSSR count). The number of guanidine groups is 2. The lowest BCUT2D eigenvalue weighted by Crippen LogP contribution is -2.59. The second kappa shape index (κ2) is 31.6. The molecule has 0 aromatic heterocycles. The number of nitrogens with zero attached hydrogens (tertiary/aromatic N) is 2. The Bertz CT molecular complexity index is 1270. The number of amides is 4. The topological polar surface area (TPSA) is 327 Å². The third kappa shape index (κ3) is 25.4. The second-order valence-electron chi connectivity index (χ2n) is 14.6. The number of ether oxygens (including phenoxy) is 1. The first-order valence-corrected chi connectivity index (χ1v) is 20.4. The fraction of sp³-hybridized carbons (Fsp3) is 0.789. The lowest BCUT2D eigenvalue weighted by molar-refractivity contribution is -0.142. The molecule has 1 unspecified atom stereocenters. The number of ketones is 1. The maximum absolute atomic E-state index is 13.9. The molecule has 0 fully saturated rings. The predicted molar refractivity (Wildman–Crippen MR) is 222 cm³/mol. The number of rotatable bonds is 33. The van der Waals surface area contributed by atoms with E-state index >= 15 is 0 Å². The molecule has 19 heteroatoms. The van der Waals surface area contributed by atoms with Crippen LogP contribution in [0.25, 0.3) is 0 Å². The Hall–Kier alpha value is -4.52. The number of methoxy groups -OCH3 is 1. The van der Waals surface area contributed by atoms with Crippen LogP contribution in [0.2, 0.25) is 0 Å². The van der Waals surface area contributed by atoms with Crippen LogP contribution in [0.3, 0.4) is 0 Å². The molecule has 0 aromatic carbocycles. The van der Waals surface area contributed by atoms with Crippen LogP contribution in [-0.4, -0.2) is 111 Å². The summed E-state index contributed by atoms with van der Waals surface area (Å²) in [5.41, 5.74) is 27.5. The van der Waals surface area contributed by atoms with Gasteiger partial charge in [0.2, 0.25) is 23.6 Å². The smallest absolute Gasteiger partial charge is 0.322 e. The Morgan fingerprint density at radius 2 is 1.12 bits per heavy atom. The van der Waals surface area contributed by atoms with Crippen molar-refractivity contribution in [3.8, 4) is 0 Å². The van der Waals surface area contributed by atoms with E-state index in [9.17, 15) is 28.8 Å². The molecule has 0 aliphatic heterocycles. The zero-order valence-electron chi connectivity index (χ0n) is 35.0. The van der Waals surface area contributed by atoms with Crippen molar-refractivity contribution >= 4 is 47.3 Å². The van der Waals surface area contributed by atoms with Gasteiger partial charge in [-0.15, -0.1) is 0 Å². The molecule has 328 valence electrons. The van der Waals surface area contributed by atoms with Crippen molar-refractivity contribution in [3.63, 3.8) is 0 Å². The highest BCUT2D eigenvalue weighted by Gasteiger charge is 2.32. The predicted octanol–water partition coefficient (Wildman–Crippen LogP) is -0.321. The van der Waals surface area contributed by atoms with Gasteiger partial charge in [-0.3, -0.25) is 44.1 Å². The van der Waals surface area contributed by atoms with Gasteiger partial charge in [0.1, 0.15) is 24.2 Å². The van der Waals surface area contributed by atoms with E-state index in [2.05, 4.69) is 43.5 Å². The minimum absolute atomic E-state index is 0.0907. The van der Waals surface area contributed by atoms with E-state index in [-0.39, 0.29) is 63.1 Å². The van der Waals surface area contributed by atoms with Gasteiger partial charge in [0.15, 0.2) is 17.7 Å². The van der Waals surface area contributed by atoms with E-state index < -0.39 is 65.6 Å². The highest BCUT2D eigenvalue weighted by Crippen LogP contribution is 2.11. The summed E-state index contributed by atoms with van der Waals surface area (Å²) < 4.78 is 4.71. The molecule has 0 heterocycles. The van der Waals surface area contributed by atoms with E-state index in [1.54, 1.807) is 20.8 Å². The highest BCUT2D eigenvalue weighted by molar-refractivity contribution is 5.96. The summed E-state index contributed by atoms with van der Waals surface area (Å²) in [6.07, 6.45) is 9.90. The molecule has 19 nitrogen and oxygen atoms in total.